The molecule has 0 aromatic heterocycles. The third-order valence-electron chi connectivity index (χ3n) is 7.61. The van der Waals surface area contributed by atoms with Crippen LogP contribution in [0.1, 0.15) is 96.1 Å². The van der Waals surface area contributed by atoms with Crippen molar-refractivity contribution in [3.05, 3.63) is 28.8 Å². The zero-order chi connectivity index (χ0) is 22.0. The highest BCUT2D eigenvalue weighted by atomic mass is 16.5. The lowest BCUT2D eigenvalue weighted by atomic mass is 9.76. The monoisotopic (exact) mass is 422 g/mol. The summed E-state index contributed by atoms with van der Waals surface area (Å²) in [4.78, 5) is 1.86. The average molecular weight is 423 g/mol. The smallest absolute Gasteiger partial charge is 0.179 e. The molecule has 1 unspecified atom stereocenters. The van der Waals surface area contributed by atoms with Gasteiger partial charge >= 0.3 is 0 Å². The van der Waals surface area contributed by atoms with E-state index in [2.05, 4.69) is 46.0 Å². The number of hydrogen-bond donors (Lipinski definition) is 0. The molecule has 0 spiro atoms. The minimum atomic E-state index is -0.350. The highest BCUT2D eigenvalue weighted by Gasteiger charge is 2.39. The van der Waals surface area contributed by atoms with Gasteiger partial charge in [-0.15, -0.1) is 0 Å². The molecule has 1 aromatic carbocycles. The molecule has 1 fully saturated rings. The number of nitrogens with zero attached hydrogens (tertiary/aromatic N) is 2. The summed E-state index contributed by atoms with van der Waals surface area (Å²) in [5.41, 5.74) is 4.63. The first-order valence-corrected chi connectivity index (χ1v) is 12.3. The maximum absolute atomic E-state index is 9.55. The van der Waals surface area contributed by atoms with Crippen molar-refractivity contribution in [1.82, 2.24) is 4.90 Å². The molecule has 1 atom stereocenters. The highest BCUT2D eigenvalue weighted by molar-refractivity contribution is 5.82. The second kappa shape index (κ2) is 9.15. The minimum absolute atomic E-state index is 0.350. The first kappa shape index (κ1) is 22.1. The van der Waals surface area contributed by atoms with Crippen molar-refractivity contribution in [1.29, 1.82) is 5.26 Å². The van der Waals surface area contributed by atoms with E-state index in [1.807, 2.05) is 4.90 Å². The average Bonchev–Trinajstić information content (AvgIpc) is 2.78. The van der Waals surface area contributed by atoms with Gasteiger partial charge in [-0.2, -0.15) is 5.26 Å². The van der Waals surface area contributed by atoms with Crippen LogP contribution in [0.25, 0.3) is 5.57 Å². The van der Waals surface area contributed by atoms with E-state index in [-0.39, 0.29) is 5.60 Å². The molecule has 0 bridgehead atoms. The first-order chi connectivity index (χ1) is 14.9. The third-order valence-corrected chi connectivity index (χ3v) is 7.61. The van der Waals surface area contributed by atoms with Gasteiger partial charge in [0.2, 0.25) is 0 Å². The third kappa shape index (κ3) is 4.43. The van der Waals surface area contributed by atoms with Crippen molar-refractivity contribution in [2.75, 3.05) is 19.7 Å². The van der Waals surface area contributed by atoms with Gasteiger partial charge in [0.1, 0.15) is 17.1 Å². The first-order valence-electron chi connectivity index (χ1n) is 12.3. The van der Waals surface area contributed by atoms with E-state index >= 15 is 0 Å². The number of hydrogen-bond acceptors (Lipinski definition) is 4. The van der Waals surface area contributed by atoms with Gasteiger partial charge in [-0.05, 0) is 80.2 Å². The van der Waals surface area contributed by atoms with Gasteiger partial charge in [-0.3, -0.25) is 0 Å². The van der Waals surface area contributed by atoms with Crippen LogP contribution in [0.15, 0.2) is 17.7 Å². The van der Waals surface area contributed by atoms with Crippen LogP contribution >= 0.6 is 0 Å². The van der Waals surface area contributed by atoms with Crippen LogP contribution < -0.4 is 9.47 Å². The Hall–Kier alpha value is -2.15. The van der Waals surface area contributed by atoms with Crippen molar-refractivity contribution in [2.24, 2.45) is 5.92 Å². The molecule has 168 valence electrons. The van der Waals surface area contributed by atoms with Crippen molar-refractivity contribution in [3.8, 4) is 17.7 Å². The number of rotatable bonds is 6. The molecule has 0 N–H and O–H groups in total. The Morgan fingerprint density at radius 1 is 1.26 bits per heavy atom. The van der Waals surface area contributed by atoms with Gasteiger partial charge in [-0.25, -0.2) is 0 Å². The quantitative estimate of drug-likeness (QED) is 0.380. The summed E-state index contributed by atoms with van der Waals surface area (Å²) in [7, 11) is 0. The van der Waals surface area contributed by atoms with E-state index < -0.39 is 0 Å². The molecule has 1 aromatic rings. The summed E-state index contributed by atoms with van der Waals surface area (Å²) < 4.78 is 13.0. The number of ether oxygens (including phenoxy) is 2. The predicted octanol–water partition coefficient (Wildman–Crippen LogP) is 6.66. The number of unbranched alkanes of at least 4 members (excludes halogenated alkanes) is 1. The molecule has 0 amide bonds. The van der Waals surface area contributed by atoms with Gasteiger partial charge in [-0.1, -0.05) is 39.5 Å². The number of nitriles is 1. The SMILES string of the molecule is CCCCOc1cc(C(C)C2CCCCC2)cc2c1C1=C(CCN(C#N)C1)C(C)(C)O2. The van der Waals surface area contributed by atoms with E-state index in [0.29, 0.717) is 12.5 Å². The zero-order valence-electron chi connectivity index (χ0n) is 19.8. The summed E-state index contributed by atoms with van der Waals surface area (Å²) in [5.74, 6) is 3.13. The largest absolute Gasteiger partial charge is 0.493 e. The van der Waals surface area contributed by atoms with Gasteiger partial charge in [0, 0.05) is 6.54 Å². The second-order valence-electron chi connectivity index (χ2n) is 10.1. The fraction of sp³-hybridized carbons (Fsp3) is 0.667. The normalized spacial score (nSPS) is 21.6. The van der Waals surface area contributed by atoms with E-state index in [0.717, 1.165) is 55.4 Å². The van der Waals surface area contributed by atoms with E-state index in [1.54, 1.807) is 0 Å². The Morgan fingerprint density at radius 2 is 2.03 bits per heavy atom. The molecular weight excluding hydrogens is 384 g/mol. The Kier molecular flexibility index (Phi) is 6.51. The lowest BCUT2D eigenvalue weighted by Gasteiger charge is -2.42. The number of fused-ring (bicyclic) bond motifs is 2. The van der Waals surface area contributed by atoms with Gasteiger partial charge in [0.05, 0.1) is 18.7 Å². The highest BCUT2D eigenvalue weighted by Crippen LogP contribution is 2.50. The van der Waals surface area contributed by atoms with Gasteiger partial charge in [0.25, 0.3) is 0 Å². The van der Waals surface area contributed by atoms with Crippen LogP contribution in [0.5, 0.6) is 11.5 Å². The molecule has 4 nitrogen and oxygen atoms in total. The van der Waals surface area contributed by atoms with Gasteiger partial charge < -0.3 is 14.4 Å². The Labute approximate surface area is 188 Å². The molecule has 0 saturated heterocycles. The minimum Gasteiger partial charge on any atom is -0.493 e. The van der Waals surface area contributed by atoms with Crippen LogP contribution in [0.4, 0.5) is 0 Å². The Morgan fingerprint density at radius 3 is 2.74 bits per heavy atom. The molecule has 1 aliphatic carbocycles. The standard InChI is InChI=1S/C27H38N2O2/c1-5-6-14-30-24-15-21(19(2)20-10-8-7-9-11-20)16-25-26(24)22-17-29(18-28)13-12-23(22)27(3,4)31-25/h15-16,19-20H,5-14,17H2,1-4H3. The lowest BCUT2D eigenvalue weighted by Crippen LogP contribution is -2.41. The van der Waals surface area contributed by atoms with Crippen molar-refractivity contribution < 1.29 is 9.47 Å². The zero-order valence-corrected chi connectivity index (χ0v) is 19.8. The van der Waals surface area contributed by atoms with Crippen LogP contribution in [0.2, 0.25) is 0 Å². The molecule has 0 radical (unpaired) electrons. The van der Waals surface area contributed by atoms with Crippen LogP contribution in [0, 0.1) is 17.4 Å². The number of benzene rings is 1. The molecule has 2 heterocycles. The van der Waals surface area contributed by atoms with E-state index in [1.165, 1.54) is 48.8 Å². The molecule has 1 saturated carbocycles. The van der Waals surface area contributed by atoms with Crippen molar-refractivity contribution in [3.63, 3.8) is 0 Å². The molecule has 3 aliphatic rings. The fourth-order valence-electron chi connectivity index (χ4n) is 5.68. The Balaban J connectivity index is 1.78. The summed E-state index contributed by atoms with van der Waals surface area (Å²) in [6, 6.07) is 4.56. The van der Waals surface area contributed by atoms with Crippen LogP contribution in [-0.2, 0) is 0 Å². The topological polar surface area (TPSA) is 45.5 Å². The summed E-state index contributed by atoms with van der Waals surface area (Å²) in [6.07, 6.45) is 12.1. The molecule has 31 heavy (non-hydrogen) atoms. The summed E-state index contributed by atoms with van der Waals surface area (Å²) in [5, 5.41) is 9.55. The fourth-order valence-corrected chi connectivity index (χ4v) is 5.68. The van der Waals surface area contributed by atoms with Crippen LogP contribution in [0.3, 0.4) is 0 Å². The predicted molar refractivity (Wildman–Crippen MR) is 125 cm³/mol. The molecule has 4 rings (SSSR count). The maximum atomic E-state index is 9.55. The van der Waals surface area contributed by atoms with Crippen molar-refractivity contribution in [2.45, 2.75) is 90.6 Å². The summed E-state index contributed by atoms with van der Waals surface area (Å²) >= 11 is 0. The molecular formula is C27H38N2O2. The molecule has 4 heteroatoms. The van der Waals surface area contributed by atoms with Gasteiger partial charge in [0.15, 0.2) is 6.19 Å². The van der Waals surface area contributed by atoms with E-state index in [9.17, 15) is 5.26 Å². The molecule has 2 aliphatic heterocycles. The van der Waals surface area contributed by atoms with Crippen LogP contribution in [-0.4, -0.2) is 30.2 Å². The van der Waals surface area contributed by atoms with E-state index in [4.69, 9.17) is 9.47 Å². The lowest BCUT2D eigenvalue weighted by molar-refractivity contribution is 0.133. The maximum Gasteiger partial charge on any atom is 0.179 e. The van der Waals surface area contributed by atoms with Crippen molar-refractivity contribution >= 4 is 5.57 Å². The summed E-state index contributed by atoms with van der Waals surface area (Å²) in [6.45, 7) is 11.0. The Bertz CT molecular complexity index is 874. The second-order valence-corrected chi connectivity index (χ2v) is 10.1.